The molecule has 16 heavy (non-hydrogen) atoms. The number of nitrogens with two attached hydrogens (primary N) is 1. The summed E-state index contributed by atoms with van der Waals surface area (Å²) in [5, 5.41) is 0. The van der Waals surface area contributed by atoms with E-state index in [1.54, 1.807) is 0 Å². The van der Waals surface area contributed by atoms with Crippen molar-refractivity contribution in [1.29, 1.82) is 0 Å². The Hall–Kier alpha value is -0.120. The quantitative estimate of drug-likeness (QED) is 0.780. The largest absolute Gasteiger partial charge is 0.381 e. The lowest BCUT2D eigenvalue weighted by Gasteiger charge is -2.28. The van der Waals surface area contributed by atoms with Gasteiger partial charge in [-0.2, -0.15) is 0 Å². The molecular formula is C13H28N2O. The maximum Gasteiger partial charge on any atom is 0.0480 e. The molecule has 1 heterocycles. The molecule has 0 radical (unpaired) electrons. The highest BCUT2D eigenvalue weighted by Gasteiger charge is 2.18. The van der Waals surface area contributed by atoms with E-state index in [1.807, 2.05) is 0 Å². The van der Waals surface area contributed by atoms with Gasteiger partial charge in [-0.05, 0) is 45.2 Å². The van der Waals surface area contributed by atoms with Gasteiger partial charge in [0, 0.05) is 25.3 Å². The summed E-state index contributed by atoms with van der Waals surface area (Å²) >= 11 is 0. The Labute approximate surface area is 100 Å². The Morgan fingerprint density at radius 2 is 2.06 bits per heavy atom. The molecule has 2 atom stereocenters. The topological polar surface area (TPSA) is 38.5 Å². The fraction of sp³-hybridized carbons (Fsp3) is 1.00. The van der Waals surface area contributed by atoms with Crippen molar-refractivity contribution in [2.75, 3.05) is 26.8 Å². The van der Waals surface area contributed by atoms with Crippen LogP contribution >= 0.6 is 0 Å². The fourth-order valence-corrected chi connectivity index (χ4v) is 2.20. The summed E-state index contributed by atoms with van der Waals surface area (Å²) in [6, 6.07) is 1.03. The van der Waals surface area contributed by atoms with Crippen LogP contribution in [-0.2, 0) is 4.74 Å². The second kappa shape index (κ2) is 7.25. The first-order valence-corrected chi connectivity index (χ1v) is 6.65. The van der Waals surface area contributed by atoms with Gasteiger partial charge in [-0.1, -0.05) is 13.8 Å². The Kier molecular flexibility index (Phi) is 6.32. The number of hydrogen-bond acceptors (Lipinski definition) is 3. The maximum absolute atomic E-state index is 6.07. The highest BCUT2D eigenvalue weighted by molar-refractivity contribution is 4.74. The molecule has 96 valence electrons. The van der Waals surface area contributed by atoms with E-state index in [9.17, 15) is 0 Å². The SMILES string of the molecule is CC(C)C(N)CCN(C)C1CCCOCC1. The Morgan fingerprint density at radius 1 is 1.31 bits per heavy atom. The zero-order valence-electron chi connectivity index (χ0n) is 11.1. The predicted molar refractivity (Wildman–Crippen MR) is 68.5 cm³/mol. The standard InChI is InChI=1S/C13H28N2O/c1-11(2)13(14)6-8-15(3)12-5-4-9-16-10-7-12/h11-13H,4-10,14H2,1-3H3. The molecule has 1 saturated heterocycles. The third-order valence-corrected chi connectivity index (χ3v) is 3.72. The van der Waals surface area contributed by atoms with Crippen LogP contribution in [0.15, 0.2) is 0 Å². The van der Waals surface area contributed by atoms with Gasteiger partial charge < -0.3 is 15.4 Å². The van der Waals surface area contributed by atoms with Crippen molar-refractivity contribution in [3.63, 3.8) is 0 Å². The van der Waals surface area contributed by atoms with E-state index in [4.69, 9.17) is 10.5 Å². The first-order valence-electron chi connectivity index (χ1n) is 6.65. The van der Waals surface area contributed by atoms with Crippen LogP contribution in [0.5, 0.6) is 0 Å². The summed E-state index contributed by atoms with van der Waals surface area (Å²) in [6.45, 7) is 7.37. The van der Waals surface area contributed by atoms with Gasteiger partial charge in [0.15, 0.2) is 0 Å². The molecular weight excluding hydrogens is 200 g/mol. The molecule has 0 saturated carbocycles. The highest BCUT2D eigenvalue weighted by atomic mass is 16.5. The molecule has 1 aliphatic heterocycles. The molecule has 2 N–H and O–H groups in total. The number of ether oxygens (including phenoxy) is 1. The van der Waals surface area contributed by atoms with E-state index < -0.39 is 0 Å². The van der Waals surface area contributed by atoms with Crippen LogP contribution in [-0.4, -0.2) is 43.8 Å². The Morgan fingerprint density at radius 3 is 2.75 bits per heavy atom. The molecule has 0 aliphatic carbocycles. The molecule has 0 aromatic carbocycles. The van der Waals surface area contributed by atoms with E-state index >= 15 is 0 Å². The van der Waals surface area contributed by atoms with Crippen molar-refractivity contribution in [2.24, 2.45) is 11.7 Å². The van der Waals surface area contributed by atoms with Gasteiger partial charge in [0.2, 0.25) is 0 Å². The van der Waals surface area contributed by atoms with Crippen molar-refractivity contribution in [2.45, 2.75) is 51.6 Å². The maximum atomic E-state index is 6.07. The first kappa shape index (κ1) is 13.9. The van der Waals surface area contributed by atoms with Crippen molar-refractivity contribution in [3.8, 4) is 0 Å². The van der Waals surface area contributed by atoms with E-state index in [0.29, 0.717) is 18.0 Å². The molecule has 1 rings (SSSR count). The lowest BCUT2D eigenvalue weighted by atomic mass is 10.0. The predicted octanol–water partition coefficient (Wildman–Crippen LogP) is 1.86. The smallest absolute Gasteiger partial charge is 0.0480 e. The molecule has 3 heteroatoms. The van der Waals surface area contributed by atoms with Gasteiger partial charge in [0.1, 0.15) is 0 Å². The molecule has 0 bridgehead atoms. The molecule has 0 spiro atoms. The van der Waals surface area contributed by atoms with Gasteiger partial charge in [0.05, 0.1) is 0 Å². The number of hydrogen-bond donors (Lipinski definition) is 1. The lowest BCUT2D eigenvalue weighted by Crippen LogP contribution is -2.37. The van der Waals surface area contributed by atoms with Gasteiger partial charge in [-0.3, -0.25) is 0 Å². The van der Waals surface area contributed by atoms with E-state index in [1.165, 1.54) is 19.3 Å². The number of nitrogens with zero attached hydrogens (tertiary/aromatic N) is 1. The fourth-order valence-electron chi connectivity index (χ4n) is 2.20. The van der Waals surface area contributed by atoms with Gasteiger partial charge in [-0.15, -0.1) is 0 Å². The minimum absolute atomic E-state index is 0.337. The van der Waals surface area contributed by atoms with Gasteiger partial charge >= 0.3 is 0 Å². The highest BCUT2D eigenvalue weighted by Crippen LogP contribution is 2.15. The van der Waals surface area contributed by atoms with Crippen LogP contribution in [0.3, 0.4) is 0 Å². The van der Waals surface area contributed by atoms with Crippen molar-refractivity contribution < 1.29 is 4.74 Å². The molecule has 1 fully saturated rings. The summed E-state index contributed by atoms with van der Waals surface area (Å²) in [5.41, 5.74) is 6.07. The third kappa shape index (κ3) is 4.81. The third-order valence-electron chi connectivity index (χ3n) is 3.72. The molecule has 2 unspecified atom stereocenters. The molecule has 0 aromatic heterocycles. The summed E-state index contributed by atoms with van der Waals surface area (Å²) in [5.74, 6) is 0.589. The van der Waals surface area contributed by atoms with Crippen LogP contribution < -0.4 is 5.73 Å². The van der Waals surface area contributed by atoms with Crippen molar-refractivity contribution in [1.82, 2.24) is 4.90 Å². The Balaban J connectivity index is 2.24. The van der Waals surface area contributed by atoms with Crippen LogP contribution in [0.2, 0.25) is 0 Å². The van der Waals surface area contributed by atoms with E-state index in [-0.39, 0.29) is 0 Å². The second-order valence-electron chi connectivity index (χ2n) is 5.37. The minimum atomic E-state index is 0.337. The van der Waals surface area contributed by atoms with E-state index in [0.717, 1.165) is 26.2 Å². The minimum Gasteiger partial charge on any atom is -0.381 e. The average molecular weight is 228 g/mol. The average Bonchev–Trinajstić information content (AvgIpc) is 2.53. The number of rotatable bonds is 5. The zero-order chi connectivity index (χ0) is 12.0. The summed E-state index contributed by atoms with van der Waals surface area (Å²) in [4.78, 5) is 2.47. The Bertz CT molecular complexity index is 177. The van der Waals surface area contributed by atoms with Crippen LogP contribution in [0.25, 0.3) is 0 Å². The van der Waals surface area contributed by atoms with Crippen LogP contribution in [0, 0.1) is 5.92 Å². The molecule has 1 aliphatic rings. The molecule has 3 nitrogen and oxygen atoms in total. The first-order chi connectivity index (χ1) is 7.61. The summed E-state index contributed by atoms with van der Waals surface area (Å²) in [6.07, 6.45) is 4.75. The van der Waals surface area contributed by atoms with Crippen LogP contribution in [0.1, 0.15) is 39.5 Å². The van der Waals surface area contributed by atoms with Gasteiger partial charge in [-0.25, -0.2) is 0 Å². The lowest BCUT2D eigenvalue weighted by molar-refractivity contribution is 0.134. The molecule has 0 aromatic rings. The molecule has 0 amide bonds. The van der Waals surface area contributed by atoms with Gasteiger partial charge in [0.25, 0.3) is 0 Å². The van der Waals surface area contributed by atoms with Crippen molar-refractivity contribution >= 4 is 0 Å². The van der Waals surface area contributed by atoms with E-state index in [2.05, 4.69) is 25.8 Å². The second-order valence-corrected chi connectivity index (χ2v) is 5.37. The van der Waals surface area contributed by atoms with Crippen molar-refractivity contribution in [3.05, 3.63) is 0 Å². The summed E-state index contributed by atoms with van der Waals surface area (Å²) < 4.78 is 5.49. The van der Waals surface area contributed by atoms with Crippen LogP contribution in [0.4, 0.5) is 0 Å². The normalized spacial score (nSPS) is 24.8. The summed E-state index contributed by atoms with van der Waals surface area (Å²) in [7, 11) is 2.23. The zero-order valence-corrected chi connectivity index (χ0v) is 11.1. The monoisotopic (exact) mass is 228 g/mol.